The standard InChI is InChI=1S/C31H33N3O4/c1-22-13-15-24(16-14-22)21-34-28(30(36)33-17-6-3-7-18-33)29(38-31(34)37)25-11-8-12-26(20-25)32-27(35)19-23-9-4-2-5-10-23/h2,4-5,8-16,20,28-29H,3,6-7,17-19,21H2,1H3,(H,32,35)/t28-,29+/m1/s1. The molecule has 3 amide bonds. The van der Waals surface area contributed by atoms with Crippen LogP contribution in [0.15, 0.2) is 78.9 Å². The molecule has 0 aliphatic carbocycles. The summed E-state index contributed by atoms with van der Waals surface area (Å²) >= 11 is 0. The van der Waals surface area contributed by atoms with E-state index < -0.39 is 18.2 Å². The monoisotopic (exact) mass is 511 g/mol. The van der Waals surface area contributed by atoms with Crippen LogP contribution < -0.4 is 5.32 Å². The zero-order chi connectivity index (χ0) is 26.5. The lowest BCUT2D eigenvalue weighted by Crippen LogP contribution is -2.49. The summed E-state index contributed by atoms with van der Waals surface area (Å²) in [4.78, 5) is 43.1. The summed E-state index contributed by atoms with van der Waals surface area (Å²) < 4.78 is 5.86. The second-order valence-electron chi connectivity index (χ2n) is 10.1. The molecular formula is C31H33N3O4. The van der Waals surface area contributed by atoms with Gasteiger partial charge >= 0.3 is 6.09 Å². The Kier molecular flexibility index (Phi) is 7.73. The van der Waals surface area contributed by atoms with Crippen molar-refractivity contribution in [3.8, 4) is 0 Å². The van der Waals surface area contributed by atoms with Gasteiger partial charge in [0.2, 0.25) is 11.8 Å². The molecule has 2 heterocycles. The predicted octanol–water partition coefficient (Wildman–Crippen LogP) is 5.25. The number of rotatable bonds is 7. The summed E-state index contributed by atoms with van der Waals surface area (Å²) in [6.07, 6.45) is 1.99. The quantitative estimate of drug-likeness (QED) is 0.470. The van der Waals surface area contributed by atoms with E-state index in [4.69, 9.17) is 4.74 Å². The Hall–Kier alpha value is -4.13. The van der Waals surface area contributed by atoms with Gasteiger partial charge in [-0.25, -0.2) is 4.79 Å². The van der Waals surface area contributed by atoms with Crippen LogP contribution in [0.1, 0.15) is 47.6 Å². The van der Waals surface area contributed by atoms with Crippen LogP contribution in [0.3, 0.4) is 0 Å². The van der Waals surface area contributed by atoms with E-state index in [0.29, 0.717) is 24.3 Å². The van der Waals surface area contributed by atoms with Crippen molar-refractivity contribution in [2.24, 2.45) is 0 Å². The number of hydrogen-bond donors (Lipinski definition) is 1. The number of benzene rings is 3. The fourth-order valence-electron chi connectivity index (χ4n) is 5.17. The second kappa shape index (κ2) is 11.5. The number of piperidine rings is 1. The van der Waals surface area contributed by atoms with Gasteiger partial charge in [0.25, 0.3) is 0 Å². The number of carbonyl (C=O) groups is 3. The Bertz CT molecular complexity index is 1290. The molecule has 2 saturated heterocycles. The summed E-state index contributed by atoms with van der Waals surface area (Å²) in [5, 5.41) is 2.94. The number of likely N-dealkylation sites (tertiary alicyclic amines) is 1. The summed E-state index contributed by atoms with van der Waals surface area (Å²) in [7, 11) is 0. The number of nitrogens with one attached hydrogen (secondary N) is 1. The van der Waals surface area contributed by atoms with E-state index in [2.05, 4.69) is 5.32 Å². The molecule has 5 rings (SSSR count). The van der Waals surface area contributed by atoms with Gasteiger partial charge in [-0.3, -0.25) is 14.5 Å². The van der Waals surface area contributed by atoms with Crippen molar-refractivity contribution < 1.29 is 19.1 Å². The van der Waals surface area contributed by atoms with Crippen LogP contribution in [0.2, 0.25) is 0 Å². The second-order valence-corrected chi connectivity index (χ2v) is 10.1. The first-order valence-corrected chi connectivity index (χ1v) is 13.2. The van der Waals surface area contributed by atoms with Crippen LogP contribution in [0, 0.1) is 6.92 Å². The Morgan fingerprint density at radius 2 is 1.63 bits per heavy atom. The first-order valence-electron chi connectivity index (χ1n) is 13.2. The number of nitrogens with zero attached hydrogens (tertiary/aromatic N) is 2. The summed E-state index contributed by atoms with van der Waals surface area (Å²) in [5.41, 5.74) is 4.26. The van der Waals surface area contributed by atoms with Crippen molar-refractivity contribution in [2.75, 3.05) is 18.4 Å². The maximum Gasteiger partial charge on any atom is 0.411 e. The van der Waals surface area contributed by atoms with Crippen molar-refractivity contribution in [3.63, 3.8) is 0 Å². The minimum atomic E-state index is -0.780. The molecule has 0 saturated carbocycles. The summed E-state index contributed by atoms with van der Waals surface area (Å²) in [5.74, 6) is -0.232. The largest absolute Gasteiger partial charge is 0.438 e. The maximum absolute atomic E-state index is 13.8. The highest BCUT2D eigenvalue weighted by atomic mass is 16.6. The van der Waals surface area contributed by atoms with Crippen molar-refractivity contribution >= 4 is 23.6 Å². The molecule has 7 nitrogen and oxygen atoms in total. The highest BCUT2D eigenvalue weighted by Gasteiger charge is 2.48. The molecule has 1 N–H and O–H groups in total. The maximum atomic E-state index is 13.8. The van der Waals surface area contributed by atoms with Gasteiger partial charge in [0.15, 0.2) is 12.1 Å². The lowest BCUT2D eigenvalue weighted by molar-refractivity contribution is -0.137. The van der Waals surface area contributed by atoms with E-state index in [0.717, 1.165) is 36.0 Å². The lowest BCUT2D eigenvalue weighted by atomic mass is 9.98. The lowest BCUT2D eigenvalue weighted by Gasteiger charge is -2.33. The first-order chi connectivity index (χ1) is 18.5. The van der Waals surface area contributed by atoms with E-state index in [9.17, 15) is 14.4 Å². The molecule has 2 aliphatic rings. The fourth-order valence-corrected chi connectivity index (χ4v) is 5.17. The zero-order valence-corrected chi connectivity index (χ0v) is 21.6. The van der Waals surface area contributed by atoms with Crippen molar-refractivity contribution in [3.05, 3.63) is 101 Å². The predicted molar refractivity (Wildman–Crippen MR) is 145 cm³/mol. The topological polar surface area (TPSA) is 79.0 Å². The van der Waals surface area contributed by atoms with Gasteiger partial charge in [0.1, 0.15) is 0 Å². The molecule has 0 aromatic heterocycles. The third-order valence-corrected chi connectivity index (χ3v) is 7.19. The van der Waals surface area contributed by atoms with Crippen LogP contribution in [0.4, 0.5) is 10.5 Å². The number of cyclic esters (lactones) is 1. The molecule has 7 heteroatoms. The number of ether oxygens (including phenoxy) is 1. The highest BCUT2D eigenvalue weighted by Crippen LogP contribution is 2.36. The molecular weight excluding hydrogens is 478 g/mol. The third-order valence-electron chi connectivity index (χ3n) is 7.19. The minimum absolute atomic E-state index is 0.0915. The van der Waals surface area contributed by atoms with Crippen LogP contribution in [0.5, 0.6) is 0 Å². The molecule has 2 atom stereocenters. The van der Waals surface area contributed by atoms with E-state index in [1.807, 2.05) is 78.6 Å². The van der Waals surface area contributed by atoms with Gasteiger partial charge in [0.05, 0.1) is 13.0 Å². The van der Waals surface area contributed by atoms with Gasteiger partial charge in [-0.05, 0) is 55.0 Å². The fraction of sp³-hybridized carbons (Fsp3) is 0.323. The highest BCUT2D eigenvalue weighted by molar-refractivity contribution is 5.92. The van der Waals surface area contributed by atoms with Gasteiger partial charge in [-0.2, -0.15) is 0 Å². The molecule has 3 aromatic rings. The molecule has 0 bridgehead atoms. The Morgan fingerprint density at radius 1 is 0.895 bits per heavy atom. The van der Waals surface area contributed by atoms with Gasteiger partial charge in [-0.1, -0.05) is 72.3 Å². The number of amides is 3. The first kappa shape index (κ1) is 25.5. The van der Waals surface area contributed by atoms with Crippen LogP contribution in [-0.4, -0.2) is 46.8 Å². The van der Waals surface area contributed by atoms with Crippen molar-refractivity contribution in [1.29, 1.82) is 0 Å². The van der Waals surface area contributed by atoms with Crippen LogP contribution in [0.25, 0.3) is 0 Å². The number of anilines is 1. The third kappa shape index (κ3) is 5.88. The molecule has 0 unspecified atom stereocenters. The minimum Gasteiger partial charge on any atom is -0.438 e. The number of aryl methyl sites for hydroxylation is 1. The Balaban J connectivity index is 1.39. The molecule has 0 spiro atoms. The van der Waals surface area contributed by atoms with Gasteiger partial charge < -0.3 is 15.0 Å². The average Bonchev–Trinajstić information content (AvgIpc) is 3.26. The van der Waals surface area contributed by atoms with Crippen molar-refractivity contribution in [1.82, 2.24) is 9.80 Å². The SMILES string of the molecule is Cc1ccc(CN2C(=O)O[C@@H](c3cccc(NC(=O)Cc4ccccc4)c3)[C@@H]2C(=O)N2CCCCC2)cc1. The van der Waals surface area contributed by atoms with Gasteiger partial charge in [-0.15, -0.1) is 0 Å². The van der Waals surface area contributed by atoms with E-state index in [1.165, 1.54) is 0 Å². The Morgan fingerprint density at radius 3 is 2.37 bits per heavy atom. The molecule has 2 fully saturated rings. The van der Waals surface area contributed by atoms with Crippen molar-refractivity contribution in [2.45, 2.75) is 51.3 Å². The van der Waals surface area contributed by atoms with Crippen LogP contribution >= 0.6 is 0 Å². The molecule has 38 heavy (non-hydrogen) atoms. The van der Waals surface area contributed by atoms with E-state index in [1.54, 1.807) is 17.0 Å². The number of carbonyl (C=O) groups excluding carboxylic acids is 3. The van der Waals surface area contributed by atoms with Crippen LogP contribution in [-0.2, 0) is 27.3 Å². The normalized spacial score (nSPS) is 19.2. The smallest absolute Gasteiger partial charge is 0.411 e. The molecule has 2 aliphatic heterocycles. The molecule has 3 aromatic carbocycles. The molecule has 196 valence electrons. The zero-order valence-electron chi connectivity index (χ0n) is 21.6. The summed E-state index contributed by atoms with van der Waals surface area (Å²) in [6, 6.07) is 24.0. The van der Waals surface area contributed by atoms with E-state index in [-0.39, 0.29) is 24.8 Å². The van der Waals surface area contributed by atoms with E-state index >= 15 is 0 Å². The Labute approximate surface area is 223 Å². The summed E-state index contributed by atoms with van der Waals surface area (Å²) in [6.45, 7) is 3.67. The number of hydrogen-bond acceptors (Lipinski definition) is 4. The van der Waals surface area contributed by atoms with Gasteiger partial charge in [0, 0.05) is 18.8 Å². The average molecular weight is 512 g/mol. The molecule has 0 radical (unpaired) electrons.